The zero-order valence-electron chi connectivity index (χ0n) is 17.5. The van der Waals surface area contributed by atoms with E-state index in [0.717, 1.165) is 24.9 Å². The number of carboxylic acid groups (broad SMARTS) is 1. The third-order valence-corrected chi connectivity index (χ3v) is 7.30. The highest BCUT2D eigenvalue weighted by Crippen LogP contribution is 2.55. The van der Waals surface area contributed by atoms with Gasteiger partial charge in [0, 0.05) is 47.3 Å². The zero-order chi connectivity index (χ0) is 21.4. The number of piperidine rings is 1. The molecule has 0 bridgehead atoms. The van der Waals surface area contributed by atoms with E-state index in [9.17, 15) is 9.90 Å². The van der Waals surface area contributed by atoms with E-state index in [0.29, 0.717) is 29.2 Å². The molecule has 0 saturated carbocycles. The first-order chi connectivity index (χ1) is 14.1. The first-order valence-corrected chi connectivity index (χ1v) is 11.3. The molecule has 6 heteroatoms. The van der Waals surface area contributed by atoms with Gasteiger partial charge >= 0.3 is 6.09 Å². The van der Waals surface area contributed by atoms with Crippen LogP contribution in [0.1, 0.15) is 49.8 Å². The van der Waals surface area contributed by atoms with Crippen LogP contribution < -0.4 is 4.90 Å². The Morgan fingerprint density at radius 1 is 1.10 bits per heavy atom. The average molecular weight is 445 g/mol. The lowest BCUT2D eigenvalue weighted by atomic mass is 9.73. The van der Waals surface area contributed by atoms with Crippen LogP contribution in [-0.2, 0) is 11.8 Å². The molecule has 3 aliphatic heterocycles. The molecule has 1 amide bonds. The molecule has 0 aliphatic carbocycles. The van der Waals surface area contributed by atoms with Crippen LogP contribution in [0.15, 0.2) is 24.3 Å². The van der Waals surface area contributed by atoms with E-state index in [1.54, 1.807) is 11.0 Å². The van der Waals surface area contributed by atoms with Crippen molar-refractivity contribution in [1.29, 1.82) is 0 Å². The predicted octanol–water partition coefficient (Wildman–Crippen LogP) is 6.17. The van der Waals surface area contributed by atoms with Gasteiger partial charge in [-0.05, 0) is 70.3 Å². The van der Waals surface area contributed by atoms with Crippen molar-refractivity contribution in [2.45, 2.75) is 51.0 Å². The average Bonchev–Trinajstić information content (AvgIpc) is 3.21. The monoisotopic (exact) mass is 444 g/mol. The number of benzene rings is 2. The number of carbonyl (C=O) groups is 1. The van der Waals surface area contributed by atoms with Gasteiger partial charge in [0.1, 0.15) is 0 Å². The number of likely N-dealkylation sites (tertiary alicyclic amines) is 1. The second-order valence-electron chi connectivity index (χ2n) is 9.76. The molecule has 4 nitrogen and oxygen atoms in total. The number of anilines is 1. The number of halogens is 2. The molecule has 1 saturated heterocycles. The Bertz CT molecular complexity index is 1040. The molecular weight excluding hydrogens is 419 g/mol. The van der Waals surface area contributed by atoms with Gasteiger partial charge in [0.15, 0.2) is 0 Å². The summed E-state index contributed by atoms with van der Waals surface area (Å²) in [6.07, 6.45) is 1.09. The first kappa shape index (κ1) is 20.0. The summed E-state index contributed by atoms with van der Waals surface area (Å²) < 4.78 is 0. The second kappa shape index (κ2) is 6.80. The lowest BCUT2D eigenvalue weighted by molar-refractivity contribution is 0.127. The molecular formula is C24H26Cl2N2O2. The molecule has 5 rings (SSSR count). The van der Waals surface area contributed by atoms with Gasteiger partial charge in [-0.2, -0.15) is 0 Å². The molecule has 2 atom stereocenters. The number of hydrogen-bond acceptors (Lipinski definition) is 2. The van der Waals surface area contributed by atoms with Gasteiger partial charge in [-0.3, -0.25) is 0 Å². The number of nitrogens with zero attached hydrogens (tertiary/aromatic N) is 2. The third kappa shape index (κ3) is 2.99. The minimum absolute atomic E-state index is 0.108. The molecule has 0 unspecified atom stereocenters. The molecule has 0 aromatic heterocycles. The lowest BCUT2D eigenvalue weighted by Gasteiger charge is -2.38. The molecule has 2 aromatic rings. The predicted molar refractivity (Wildman–Crippen MR) is 122 cm³/mol. The summed E-state index contributed by atoms with van der Waals surface area (Å²) in [6, 6.07) is 8.45. The Morgan fingerprint density at radius 2 is 1.80 bits per heavy atom. The van der Waals surface area contributed by atoms with Crippen molar-refractivity contribution < 1.29 is 9.90 Å². The summed E-state index contributed by atoms with van der Waals surface area (Å²) in [4.78, 5) is 15.9. The quantitative estimate of drug-likeness (QED) is 0.571. The molecule has 1 fully saturated rings. The first-order valence-electron chi connectivity index (χ1n) is 10.6. The molecule has 158 valence electrons. The van der Waals surface area contributed by atoms with Crippen LogP contribution in [0.2, 0.25) is 10.0 Å². The van der Waals surface area contributed by atoms with Crippen molar-refractivity contribution in [3.05, 3.63) is 51.0 Å². The maximum Gasteiger partial charge on any atom is 0.407 e. The molecule has 0 spiro atoms. The number of amides is 1. The van der Waals surface area contributed by atoms with E-state index in [1.165, 1.54) is 27.9 Å². The number of rotatable bonds is 1. The summed E-state index contributed by atoms with van der Waals surface area (Å²) in [5, 5.41) is 10.9. The van der Waals surface area contributed by atoms with Crippen molar-refractivity contribution in [1.82, 2.24) is 4.90 Å². The summed E-state index contributed by atoms with van der Waals surface area (Å²) in [5.41, 5.74) is 7.47. The molecule has 3 aliphatic rings. The SMILES string of the molecule is CC(C)(C)c1c(-c2cc(Cl)cc(Cl)c2)cc2c3c1[C@@H]1CN(C(=O)O)CC[C@@H]1N3CC2. The molecule has 3 heterocycles. The van der Waals surface area contributed by atoms with Gasteiger partial charge in [-0.15, -0.1) is 0 Å². The highest BCUT2D eigenvalue weighted by Gasteiger charge is 2.48. The van der Waals surface area contributed by atoms with Crippen LogP contribution in [0.4, 0.5) is 10.5 Å². The summed E-state index contributed by atoms with van der Waals surface area (Å²) >= 11 is 12.7. The van der Waals surface area contributed by atoms with Gasteiger partial charge in [-0.25, -0.2) is 4.79 Å². The van der Waals surface area contributed by atoms with Gasteiger partial charge in [0.25, 0.3) is 0 Å². The maximum absolute atomic E-state index is 11.7. The Morgan fingerprint density at radius 3 is 2.43 bits per heavy atom. The Labute approximate surface area is 187 Å². The van der Waals surface area contributed by atoms with Gasteiger partial charge in [0.2, 0.25) is 0 Å². The van der Waals surface area contributed by atoms with E-state index in [1.807, 2.05) is 12.1 Å². The van der Waals surface area contributed by atoms with Gasteiger partial charge in [0.05, 0.1) is 0 Å². The van der Waals surface area contributed by atoms with Crippen LogP contribution in [0.3, 0.4) is 0 Å². The van der Waals surface area contributed by atoms with Crippen LogP contribution in [-0.4, -0.2) is 41.8 Å². The highest BCUT2D eigenvalue weighted by atomic mass is 35.5. The Balaban J connectivity index is 1.77. The van der Waals surface area contributed by atoms with E-state index < -0.39 is 6.09 Å². The second-order valence-corrected chi connectivity index (χ2v) is 10.6. The van der Waals surface area contributed by atoms with Crippen LogP contribution >= 0.6 is 23.2 Å². The van der Waals surface area contributed by atoms with Crippen molar-refractivity contribution in [3.63, 3.8) is 0 Å². The summed E-state index contributed by atoms with van der Waals surface area (Å²) in [7, 11) is 0. The van der Waals surface area contributed by atoms with Crippen LogP contribution in [0.25, 0.3) is 11.1 Å². The standard InChI is InChI=1S/C24H26Cl2N2O2/c1-24(2,3)21-17(14-8-15(25)11-16(26)9-14)10-13-4-7-28-19-5-6-27(23(29)30)12-18(19)20(21)22(13)28/h8-11,18-19H,4-7,12H2,1-3H3,(H,29,30)/t18-,19+/m1/s1. The molecule has 2 aromatic carbocycles. The Kier molecular flexibility index (Phi) is 4.53. The fraction of sp³-hybridized carbons (Fsp3) is 0.458. The van der Waals surface area contributed by atoms with E-state index in [2.05, 4.69) is 31.7 Å². The normalized spacial score (nSPS) is 22.3. The Hall–Kier alpha value is -1.91. The number of fused-ring (bicyclic) bond motifs is 3. The fourth-order valence-corrected chi connectivity index (χ4v) is 6.37. The lowest BCUT2D eigenvalue weighted by Crippen LogP contribution is -2.47. The maximum atomic E-state index is 11.7. The summed E-state index contributed by atoms with van der Waals surface area (Å²) in [6.45, 7) is 8.91. The molecule has 0 radical (unpaired) electrons. The highest BCUT2D eigenvalue weighted by molar-refractivity contribution is 6.35. The smallest absolute Gasteiger partial charge is 0.407 e. The van der Waals surface area contributed by atoms with Crippen molar-refractivity contribution in [3.8, 4) is 11.1 Å². The minimum atomic E-state index is -0.819. The van der Waals surface area contributed by atoms with Crippen molar-refractivity contribution in [2.24, 2.45) is 0 Å². The van der Waals surface area contributed by atoms with Crippen molar-refractivity contribution >= 4 is 35.0 Å². The topological polar surface area (TPSA) is 43.8 Å². The van der Waals surface area contributed by atoms with Crippen molar-refractivity contribution in [2.75, 3.05) is 24.5 Å². The largest absolute Gasteiger partial charge is 0.465 e. The fourth-order valence-electron chi connectivity index (χ4n) is 5.84. The van der Waals surface area contributed by atoms with E-state index in [4.69, 9.17) is 23.2 Å². The number of hydrogen-bond donors (Lipinski definition) is 1. The van der Waals surface area contributed by atoms with Crippen LogP contribution in [0, 0.1) is 0 Å². The van der Waals surface area contributed by atoms with Gasteiger partial charge < -0.3 is 14.9 Å². The van der Waals surface area contributed by atoms with Crippen LogP contribution in [0.5, 0.6) is 0 Å². The third-order valence-electron chi connectivity index (χ3n) is 6.87. The summed E-state index contributed by atoms with van der Waals surface area (Å²) in [5.74, 6) is 0.202. The van der Waals surface area contributed by atoms with E-state index in [-0.39, 0.29) is 11.3 Å². The molecule has 1 N–H and O–H groups in total. The minimum Gasteiger partial charge on any atom is -0.465 e. The van der Waals surface area contributed by atoms with E-state index >= 15 is 0 Å². The van der Waals surface area contributed by atoms with Gasteiger partial charge in [-0.1, -0.05) is 44.0 Å². The zero-order valence-corrected chi connectivity index (χ0v) is 19.0. The molecule has 30 heavy (non-hydrogen) atoms.